The maximum absolute atomic E-state index is 5.26. The first-order valence-corrected chi connectivity index (χ1v) is 15.4. The molecule has 45 heavy (non-hydrogen) atoms. The summed E-state index contributed by atoms with van der Waals surface area (Å²) in [6, 6.07) is 53.3. The highest BCUT2D eigenvalue weighted by Crippen LogP contribution is 2.39. The van der Waals surface area contributed by atoms with Gasteiger partial charge in [-0.05, 0) is 78.1 Å². The molecule has 2 heterocycles. The molecule has 2 aromatic heterocycles. The maximum Gasteiger partial charge on any atom is 0.145 e. The molecule has 0 spiro atoms. The van der Waals surface area contributed by atoms with Crippen molar-refractivity contribution >= 4 is 21.9 Å². The van der Waals surface area contributed by atoms with Crippen LogP contribution in [0.2, 0.25) is 0 Å². The van der Waals surface area contributed by atoms with Crippen molar-refractivity contribution < 1.29 is 0 Å². The van der Waals surface area contributed by atoms with Gasteiger partial charge in [0.25, 0.3) is 0 Å². The Labute approximate surface area is 263 Å². The lowest BCUT2D eigenvalue weighted by Crippen LogP contribution is -1.97. The lowest BCUT2D eigenvalue weighted by atomic mass is 9.89. The van der Waals surface area contributed by atoms with E-state index in [2.05, 4.69) is 158 Å². The summed E-state index contributed by atoms with van der Waals surface area (Å²) in [5, 5.41) is 1.19. The van der Waals surface area contributed by atoms with E-state index >= 15 is 0 Å². The summed E-state index contributed by atoms with van der Waals surface area (Å²) < 4.78 is 2.24. The molecule has 0 radical (unpaired) electrons. The van der Waals surface area contributed by atoms with Crippen LogP contribution in [0.3, 0.4) is 0 Å². The van der Waals surface area contributed by atoms with E-state index in [0.29, 0.717) is 0 Å². The van der Waals surface area contributed by atoms with Crippen molar-refractivity contribution in [2.24, 2.45) is 0 Å². The van der Waals surface area contributed by atoms with Crippen LogP contribution in [0.1, 0.15) is 11.1 Å². The van der Waals surface area contributed by atoms with E-state index in [9.17, 15) is 0 Å². The normalized spacial score (nSPS) is 11.3. The average Bonchev–Trinajstić information content (AvgIpc) is 3.49. The molecular formula is C42H31N3. The minimum Gasteiger partial charge on any atom is -0.292 e. The first-order valence-electron chi connectivity index (χ1n) is 15.4. The van der Waals surface area contributed by atoms with Crippen LogP contribution in [0.25, 0.3) is 72.5 Å². The lowest BCUT2D eigenvalue weighted by Gasteiger charge is -2.18. The van der Waals surface area contributed by atoms with Crippen LogP contribution in [-0.2, 0) is 0 Å². The van der Waals surface area contributed by atoms with Crippen LogP contribution in [-0.4, -0.2) is 14.5 Å². The quantitative estimate of drug-likeness (QED) is 0.204. The van der Waals surface area contributed by atoms with Gasteiger partial charge in [-0.25, -0.2) is 9.97 Å². The largest absolute Gasteiger partial charge is 0.292 e. The molecule has 0 fully saturated rings. The SMILES string of the molecule is Cc1ccccc1-c1c(-c2cccc(-c3ccc(-c4nc5ccccc5n4-c4ccccc4)cc3)c2)nc2ccccc2c1C. The second kappa shape index (κ2) is 11.0. The number of benzene rings is 6. The Morgan fingerprint density at radius 2 is 1.16 bits per heavy atom. The summed E-state index contributed by atoms with van der Waals surface area (Å²) in [4.78, 5) is 10.3. The van der Waals surface area contributed by atoms with Crippen LogP contribution < -0.4 is 0 Å². The highest BCUT2D eigenvalue weighted by Gasteiger charge is 2.18. The zero-order valence-electron chi connectivity index (χ0n) is 25.3. The van der Waals surface area contributed by atoms with Crippen LogP contribution >= 0.6 is 0 Å². The number of fused-ring (bicyclic) bond motifs is 2. The molecule has 3 heteroatoms. The summed E-state index contributed by atoms with van der Waals surface area (Å²) in [7, 11) is 0. The summed E-state index contributed by atoms with van der Waals surface area (Å²) in [5.41, 5.74) is 14.6. The topological polar surface area (TPSA) is 30.7 Å². The van der Waals surface area contributed by atoms with Gasteiger partial charge in [-0.2, -0.15) is 0 Å². The number of rotatable bonds is 5. The van der Waals surface area contributed by atoms with Gasteiger partial charge in [-0.3, -0.25) is 4.57 Å². The highest BCUT2D eigenvalue weighted by molar-refractivity contribution is 5.96. The molecule has 0 aliphatic heterocycles. The fourth-order valence-corrected chi connectivity index (χ4v) is 6.48. The second-order valence-corrected chi connectivity index (χ2v) is 11.5. The third-order valence-electron chi connectivity index (χ3n) is 8.75. The Morgan fingerprint density at radius 3 is 1.98 bits per heavy atom. The second-order valence-electron chi connectivity index (χ2n) is 11.5. The summed E-state index contributed by atoms with van der Waals surface area (Å²) in [6.07, 6.45) is 0. The van der Waals surface area contributed by atoms with Gasteiger partial charge in [0, 0.05) is 27.8 Å². The zero-order valence-corrected chi connectivity index (χ0v) is 25.3. The minimum absolute atomic E-state index is 0.932. The number of imidazole rings is 1. The van der Waals surface area contributed by atoms with Gasteiger partial charge in [-0.1, -0.05) is 115 Å². The standard InChI is InChI=1S/C42H31N3/c1-28-13-6-7-18-35(28)40-29(2)36-19-8-9-20-37(36)43-41(40)33-15-12-14-32(27-33)30-23-25-31(26-24-30)42-44-38-21-10-11-22-39(38)45(42)34-16-4-3-5-17-34/h3-27H,1-2H3. The molecule has 8 aromatic rings. The predicted molar refractivity (Wildman–Crippen MR) is 188 cm³/mol. The molecule has 0 atom stereocenters. The van der Waals surface area contributed by atoms with Crippen LogP contribution in [0.4, 0.5) is 0 Å². The summed E-state index contributed by atoms with van der Waals surface area (Å²) in [6.45, 7) is 4.40. The van der Waals surface area contributed by atoms with Crippen molar-refractivity contribution in [2.45, 2.75) is 13.8 Å². The maximum atomic E-state index is 5.26. The number of hydrogen-bond donors (Lipinski definition) is 0. The number of para-hydroxylation sites is 4. The van der Waals surface area contributed by atoms with Gasteiger partial charge in [0.15, 0.2) is 0 Å². The summed E-state index contributed by atoms with van der Waals surface area (Å²) in [5.74, 6) is 0.932. The van der Waals surface area contributed by atoms with Gasteiger partial charge in [0.05, 0.1) is 22.2 Å². The van der Waals surface area contributed by atoms with Gasteiger partial charge in [0.1, 0.15) is 5.82 Å². The number of pyridine rings is 1. The lowest BCUT2D eigenvalue weighted by molar-refractivity contribution is 1.10. The van der Waals surface area contributed by atoms with Gasteiger partial charge in [-0.15, -0.1) is 0 Å². The third-order valence-corrected chi connectivity index (χ3v) is 8.75. The molecule has 0 amide bonds. The Hall–Kier alpha value is -5.80. The van der Waals surface area contributed by atoms with Gasteiger partial charge >= 0.3 is 0 Å². The van der Waals surface area contributed by atoms with E-state index in [1.54, 1.807) is 0 Å². The van der Waals surface area contributed by atoms with E-state index in [4.69, 9.17) is 9.97 Å². The van der Waals surface area contributed by atoms with E-state index < -0.39 is 0 Å². The van der Waals surface area contributed by atoms with Crippen molar-refractivity contribution in [1.82, 2.24) is 14.5 Å². The average molecular weight is 578 g/mol. The molecule has 3 nitrogen and oxygen atoms in total. The minimum atomic E-state index is 0.932. The Balaban J connectivity index is 1.23. The van der Waals surface area contributed by atoms with Gasteiger partial charge < -0.3 is 0 Å². The van der Waals surface area contributed by atoms with Crippen LogP contribution in [0.5, 0.6) is 0 Å². The van der Waals surface area contributed by atoms with Crippen molar-refractivity contribution in [1.29, 1.82) is 0 Å². The first kappa shape index (κ1) is 26.8. The fourth-order valence-electron chi connectivity index (χ4n) is 6.48. The fraction of sp³-hybridized carbons (Fsp3) is 0.0476. The predicted octanol–water partition coefficient (Wildman–Crippen LogP) is 10.9. The highest BCUT2D eigenvalue weighted by atomic mass is 15.1. The van der Waals surface area contributed by atoms with Crippen molar-refractivity contribution in [3.8, 4) is 50.6 Å². The van der Waals surface area contributed by atoms with E-state index in [0.717, 1.165) is 56.0 Å². The Bertz CT molecular complexity index is 2330. The van der Waals surface area contributed by atoms with E-state index in [1.165, 1.54) is 27.6 Å². The number of hydrogen-bond acceptors (Lipinski definition) is 2. The molecule has 8 rings (SSSR count). The third kappa shape index (κ3) is 4.70. The van der Waals surface area contributed by atoms with Gasteiger partial charge in [0.2, 0.25) is 0 Å². The molecular weight excluding hydrogens is 546 g/mol. The molecule has 0 aliphatic rings. The number of aromatic nitrogens is 3. The van der Waals surface area contributed by atoms with Crippen molar-refractivity contribution in [2.75, 3.05) is 0 Å². The molecule has 0 N–H and O–H groups in total. The number of nitrogens with zero attached hydrogens (tertiary/aromatic N) is 3. The molecule has 0 bridgehead atoms. The first-order chi connectivity index (χ1) is 22.2. The van der Waals surface area contributed by atoms with E-state index in [-0.39, 0.29) is 0 Å². The molecule has 0 aliphatic carbocycles. The number of aryl methyl sites for hydroxylation is 2. The monoisotopic (exact) mass is 577 g/mol. The molecule has 0 saturated heterocycles. The Kier molecular flexibility index (Phi) is 6.57. The molecule has 214 valence electrons. The molecule has 6 aromatic carbocycles. The van der Waals surface area contributed by atoms with Crippen LogP contribution in [0, 0.1) is 13.8 Å². The molecule has 0 unspecified atom stereocenters. The molecule has 0 saturated carbocycles. The summed E-state index contributed by atoms with van der Waals surface area (Å²) >= 11 is 0. The smallest absolute Gasteiger partial charge is 0.145 e. The Morgan fingerprint density at radius 1 is 0.489 bits per heavy atom. The van der Waals surface area contributed by atoms with Crippen LogP contribution in [0.15, 0.2) is 152 Å². The van der Waals surface area contributed by atoms with E-state index in [1.807, 2.05) is 12.1 Å². The van der Waals surface area contributed by atoms with Crippen molar-refractivity contribution in [3.63, 3.8) is 0 Å². The zero-order chi connectivity index (χ0) is 30.3. The van der Waals surface area contributed by atoms with Crippen molar-refractivity contribution in [3.05, 3.63) is 163 Å².